The molecule has 8 nitrogen and oxygen atoms in total. The molecule has 0 spiro atoms. The van der Waals surface area contributed by atoms with Crippen molar-refractivity contribution in [1.29, 1.82) is 0 Å². The first kappa shape index (κ1) is 16.8. The molecule has 0 aliphatic carbocycles. The summed E-state index contributed by atoms with van der Waals surface area (Å²) < 4.78 is 5.30. The first-order valence-corrected chi connectivity index (χ1v) is 6.80. The molecule has 0 aromatic heterocycles. The van der Waals surface area contributed by atoms with Crippen molar-refractivity contribution in [2.24, 2.45) is 17.3 Å². The number of nitrogens with one attached hydrogen (secondary N) is 1. The fourth-order valence-corrected chi connectivity index (χ4v) is 1.92. The molecule has 0 bridgehead atoms. The average molecular weight is 328 g/mol. The van der Waals surface area contributed by atoms with Crippen LogP contribution in [0.2, 0.25) is 0 Å². The smallest absolute Gasteiger partial charge is 0.357 e. The van der Waals surface area contributed by atoms with Gasteiger partial charge < -0.3 is 21.3 Å². The number of primary amides is 1. The molecule has 2 aromatic rings. The molecule has 0 aliphatic heterocycles. The lowest BCUT2D eigenvalue weighted by Gasteiger charge is -2.11. The second-order valence-electron chi connectivity index (χ2n) is 4.76. The van der Waals surface area contributed by atoms with E-state index in [4.69, 9.17) is 27.2 Å². The zero-order valence-corrected chi connectivity index (χ0v) is 12.5. The van der Waals surface area contributed by atoms with Crippen molar-refractivity contribution in [3.8, 4) is 16.9 Å². The Morgan fingerprint density at radius 1 is 0.917 bits per heavy atom. The minimum Gasteiger partial charge on any atom is -0.476 e. The molecular formula is C16H16N4O4. The summed E-state index contributed by atoms with van der Waals surface area (Å²) in [7, 11) is 0. The zero-order valence-electron chi connectivity index (χ0n) is 12.5. The number of hydrazine groups is 1. The third kappa shape index (κ3) is 3.81. The van der Waals surface area contributed by atoms with E-state index in [9.17, 15) is 9.59 Å². The van der Waals surface area contributed by atoms with Gasteiger partial charge in [-0.2, -0.15) is 0 Å². The highest BCUT2D eigenvalue weighted by atomic mass is 16.5. The molecule has 0 atom stereocenters. The Bertz CT molecular complexity index is 783. The van der Waals surface area contributed by atoms with Gasteiger partial charge in [-0.15, -0.1) is 0 Å². The van der Waals surface area contributed by atoms with Crippen molar-refractivity contribution < 1.29 is 19.4 Å². The lowest BCUT2D eigenvalue weighted by Crippen LogP contribution is -2.31. The Labute approximate surface area is 137 Å². The van der Waals surface area contributed by atoms with Crippen LogP contribution in [0.5, 0.6) is 5.75 Å². The standard InChI is InChI=1S/C16H16N4O4/c17-13(16(22)23)15(20-19)24-12-7-5-10(6-8-12)9-1-3-11(4-2-9)14(18)21/h1-8,20H,17,19H2,(H2,18,21)(H,22,23)/b15-13+. The summed E-state index contributed by atoms with van der Waals surface area (Å²) in [6.07, 6.45) is 0. The minimum absolute atomic E-state index is 0.263. The number of carboxylic acids is 1. The third-order valence-corrected chi connectivity index (χ3v) is 3.18. The van der Waals surface area contributed by atoms with Crippen LogP contribution in [0.15, 0.2) is 60.1 Å². The number of nitrogens with two attached hydrogens (primary N) is 3. The van der Waals surface area contributed by atoms with E-state index < -0.39 is 17.6 Å². The summed E-state index contributed by atoms with van der Waals surface area (Å²) in [5.41, 5.74) is 14.3. The average Bonchev–Trinajstić information content (AvgIpc) is 2.59. The van der Waals surface area contributed by atoms with Gasteiger partial charge in [0, 0.05) is 5.56 Å². The Balaban J connectivity index is 2.20. The van der Waals surface area contributed by atoms with Gasteiger partial charge >= 0.3 is 5.97 Å². The number of rotatable bonds is 6. The highest BCUT2D eigenvalue weighted by Gasteiger charge is 2.12. The second-order valence-corrected chi connectivity index (χ2v) is 4.76. The fourth-order valence-electron chi connectivity index (χ4n) is 1.92. The summed E-state index contributed by atoms with van der Waals surface area (Å²) >= 11 is 0. The van der Waals surface area contributed by atoms with Crippen LogP contribution >= 0.6 is 0 Å². The van der Waals surface area contributed by atoms with Crippen molar-refractivity contribution in [2.75, 3.05) is 0 Å². The van der Waals surface area contributed by atoms with Gasteiger partial charge in [0.15, 0.2) is 5.70 Å². The van der Waals surface area contributed by atoms with E-state index in [1.54, 1.807) is 48.5 Å². The van der Waals surface area contributed by atoms with Crippen LogP contribution in [0.3, 0.4) is 0 Å². The van der Waals surface area contributed by atoms with Crippen molar-refractivity contribution in [3.63, 3.8) is 0 Å². The Kier molecular flexibility index (Phi) is 5.03. The Hall–Kier alpha value is -3.52. The van der Waals surface area contributed by atoms with Gasteiger partial charge in [0.2, 0.25) is 11.8 Å². The molecule has 0 unspecified atom stereocenters. The van der Waals surface area contributed by atoms with Gasteiger partial charge in [-0.3, -0.25) is 10.2 Å². The molecule has 24 heavy (non-hydrogen) atoms. The largest absolute Gasteiger partial charge is 0.476 e. The minimum atomic E-state index is -1.35. The molecule has 8 heteroatoms. The number of benzene rings is 2. The van der Waals surface area contributed by atoms with Crippen LogP contribution in [0.25, 0.3) is 11.1 Å². The molecular weight excluding hydrogens is 312 g/mol. The second kappa shape index (κ2) is 7.16. The van der Waals surface area contributed by atoms with Gasteiger partial charge in [0.05, 0.1) is 0 Å². The van der Waals surface area contributed by atoms with Gasteiger partial charge in [0.1, 0.15) is 5.75 Å². The number of carboxylic acid groups (broad SMARTS) is 1. The van der Waals surface area contributed by atoms with Gasteiger partial charge in [-0.05, 0) is 35.4 Å². The first-order valence-electron chi connectivity index (χ1n) is 6.80. The van der Waals surface area contributed by atoms with E-state index in [0.717, 1.165) is 11.1 Å². The van der Waals surface area contributed by atoms with E-state index in [1.807, 2.05) is 0 Å². The van der Waals surface area contributed by atoms with Crippen LogP contribution < -0.4 is 27.5 Å². The van der Waals surface area contributed by atoms with Crippen LogP contribution in [-0.2, 0) is 4.79 Å². The number of hydrogen-bond donors (Lipinski definition) is 5. The van der Waals surface area contributed by atoms with E-state index >= 15 is 0 Å². The van der Waals surface area contributed by atoms with E-state index in [0.29, 0.717) is 11.3 Å². The molecule has 0 saturated carbocycles. The molecule has 0 radical (unpaired) electrons. The maximum atomic E-state index is 11.1. The van der Waals surface area contributed by atoms with E-state index in [-0.39, 0.29) is 5.88 Å². The number of aliphatic carboxylic acids is 1. The molecule has 8 N–H and O–H groups in total. The molecule has 0 aliphatic rings. The quantitative estimate of drug-likeness (QED) is 0.224. The summed E-state index contributed by atoms with van der Waals surface area (Å²) in [5, 5.41) is 8.82. The molecule has 2 rings (SSSR count). The Morgan fingerprint density at radius 2 is 1.42 bits per heavy atom. The van der Waals surface area contributed by atoms with Crippen molar-refractivity contribution in [2.45, 2.75) is 0 Å². The summed E-state index contributed by atoms with van der Waals surface area (Å²) in [4.78, 5) is 21.9. The number of carbonyl (C=O) groups excluding carboxylic acids is 1. The first-order chi connectivity index (χ1) is 11.4. The van der Waals surface area contributed by atoms with E-state index in [2.05, 4.69) is 5.43 Å². The topological polar surface area (TPSA) is 154 Å². The van der Waals surface area contributed by atoms with Crippen molar-refractivity contribution in [1.82, 2.24) is 5.43 Å². The molecule has 1 amide bonds. The highest BCUT2D eigenvalue weighted by molar-refractivity contribution is 5.93. The lowest BCUT2D eigenvalue weighted by molar-refractivity contribution is -0.132. The van der Waals surface area contributed by atoms with Gasteiger partial charge in [-0.25, -0.2) is 10.6 Å². The van der Waals surface area contributed by atoms with E-state index in [1.165, 1.54) is 0 Å². The van der Waals surface area contributed by atoms with Crippen molar-refractivity contribution >= 4 is 11.9 Å². The number of amides is 1. The summed E-state index contributed by atoms with van der Waals surface area (Å²) in [6.45, 7) is 0. The predicted molar refractivity (Wildman–Crippen MR) is 87.2 cm³/mol. The summed E-state index contributed by atoms with van der Waals surface area (Å²) in [5.74, 6) is 3.45. The molecule has 2 aromatic carbocycles. The maximum absolute atomic E-state index is 11.1. The predicted octanol–water partition coefficient (Wildman–Crippen LogP) is 0.507. The van der Waals surface area contributed by atoms with Gasteiger partial charge in [0.25, 0.3) is 0 Å². The van der Waals surface area contributed by atoms with Crippen LogP contribution in [0, 0.1) is 0 Å². The Morgan fingerprint density at radius 3 is 1.83 bits per heavy atom. The molecule has 0 heterocycles. The summed E-state index contributed by atoms with van der Waals surface area (Å²) in [6, 6.07) is 13.6. The molecule has 0 fully saturated rings. The molecule has 124 valence electrons. The zero-order chi connectivity index (χ0) is 17.7. The van der Waals surface area contributed by atoms with Crippen LogP contribution in [0.4, 0.5) is 0 Å². The highest BCUT2D eigenvalue weighted by Crippen LogP contribution is 2.23. The number of carbonyl (C=O) groups is 2. The SMILES string of the molecule is NN/C(Oc1ccc(-c2ccc(C(N)=O)cc2)cc1)=C(\N)C(=O)O. The number of hydrogen-bond acceptors (Lipinski definition) is 6. The monoisotopic (exact) mass is 328 g/mol. The maximum Gasteiger partial charge on any atom is 0.357 e. The van der Waals surface area contributed by atoms with Crippen LogP contribution in [-0.4, -0.2) is 17.0 Å². The third-order valence-electron chi connectivity index (χ3n) is 3.18. The molecule has 0 saturated heterocycles. The fraction of sp³-hybridized carbons (Fsp3) is 0. The van der Waals surface area contributed by atoms with Crippen LogP contribution in [0.1, 0.15) is 10.4 Å². The number of ether oxygens (including phenoxy) is 1. The van der Waals surface area contributed by atoms with Crippen molar-refractivity contribution in [3.05, 3.63) is 65.7 Å². The lowest BCUT2D eigenvalue weighted by atomic mass is 10.0. The normalized spacial score (nSPS) is 11.4. The van der Waals surface area contributed by atoms with Gasteiger partial charge in [-0.1, -0.05) is 24.3 Å².